The fourth-order valence-electron chi connectivity index (χ4n) is 2.32. The fraction of sp³-hybridized carbons (Fsp3) is 0.222. The van der Waals surface area contributed by atoms with Crippen molar-refractivity contribution >= 4 is 56.0 Å². The fourth-order valence-corrected chi connectivity index (χ4v) is 4.17. The number of nitrogens with zero attached hydrogens (tertiary/aromatic N) is 1. The minimum absolute atomic E-state index is 0.0589. The van der Waals surface area contributed by atoms with Gasteiger partial charge in [-0.15, -0.1) is 11.8 Å². The van der Waals surface area contributed by atoms with E-state index in [0.29, 0.717) is 22.3 Å². The van der Waals surface area contributed by atoms with Crippen LogP contribution in [0.4, 0.5) is 5.13 Å². The first-order valence-electron chi connectivity index (χ1n) is 7.97. The lowest BCUT2D eigenvalue weighted by Gasteiger charge is -2.05. The van der Waals surface area contributed by atoms with Gasteiger partial charge in [0, 0.05) is 22.1 Å². The number of hydrazine groups is 1. The number of benzene rings is 2. The molecule has 0 fully saturated rings. The highest BCUT2D eigenvalue weighted by Gasteiger charge is 2.08. The van der Waals surface area contributed by atoms with Crippen LogP contribution in [0.25, 0.3) is 10.2 Å². The van der Waals surface area contributed by atoms with Crippen molar-refractivity contribution in [2.45, 2.75) is 24.7 Å². The van der Waals surface area contributed by atoms with E-state index in [2.05, 4.69) is 28.8 Å². The van der Waals surface area contributed by atoms with Crippen molar-refractivity contribution in [1.82, 2.24) is 10.4 Å². The van der Waals surface area contributed by atoms with Crippen LogP contribution in [0, 0.1) is 0 Å². The molecule has 0 atom stereocenters. The van der Waals surface area contributed by atoms with Gasteiger partial charge in [-0.25, -0.2) is 4.98 Å². The summed E-state index contributed by atoms with van der Waals surface area (Å²) in [5, 5.41) is 1.42. The average molecular weight is 392 g/mol. The Morgan fingerprint density at radius 3 is 2.80 bits per heavy atom. The van der Waals surface area contributed by atoms with Crippen molar-refractivity contribution in [3.63, 3.8) is 0 Å². The molecule has 7 heteroatoms. The zero-order valence-corrected chi connectivity index (χ0v) is 16.1. The van der Waals surface area contributed by atoms with E-state index in [-0.39, 0.29) is 5.91 Å². The maximum atomic E-state index is 12.0. The van der Waals surface area contributed by atoms with Crippen LogP contribution in [0.15, 0.2) is 47.4 Å². The Kier molecular flexibility index (Phi) is 6.18. The lowest BCUT2D eigenvalue weighted by Crippen LogP contribution is -2.29. The largest absolute Gasteiger partial charge is 0.273 e. The van der Waals surface area contributed by atoms with Crippen LogP contribution in [0.1, 0.15) is 18.9 Å². The number of thiazole rings is 1. The second-order valence-corrected chi connectivity index (χ2v) is 8.00. The van der Waals surface area contributed by atoms with Gasteiger partial charge in [0.2, 0.25) is 11.0 Å². The summed E-state index contributed by atoms with van der Waals surface area (Å²) in [6, 6.07) is 13.8. The quantitative estimate of drug-likeness (QED) is 0.432. The third-order valence-corrected chi connectivity index (χ3v) is 5.81. The summed E-state index contributed by atoms with van der Waals surface area (Å²) in [5.74, 6) is 0.644. The number of carbonyl (C=O) groups is 1. The van der Waals surface area contributed by atoms with Gasteiger partial charge in [0.05, 0.1) is 10.2 Å². The standard InChI is InChI=1S/C18H18ClN3OS2/c1-2-12-4-3-5-15-17(12)20-18(25-15)22-21-16(23)10-11-24-14-8-6-13(19)7-9-14/h3-9H,2,10-11H2,1H3,(H,20,22)(H,21,23). The third kappa shape index (κ3) is 4.87. The Hall–Kier alpha value is -1.76. The van der Waals surface area contributed by atoms with Gasteiger partial charge < -0.3 is 0 Å². The number of carbonyl (C=O) groups excluding carboxylic acids is 1. The summed E-state index contributed by atoms with van der Waals surface area (Å²) < 4.78 is 1.12. The van der Waals surface area contributed by atoms with Gasteiger partial charge in [-0.05, 0) is 42.3 Å². The molecule has 0 bridgehead atoms. The van der Waals surface area contributed by atoms with E-state index in [1.807, 2.05) is 36.4 Å². The summed E-state index contributed by atoms with van der Waals surface area (Å²) in [4.78, 5) is 17.6. The number of thioether (sulfide) groups is 1. The van der Waals surface area contributed by atoms with E-state index in [4.69, 9.17) is 11.6 Å². The zero-order valence-electron chi connectivity index (χ0n) is 13.7. The number of rotatable bonds is 7. The minimum Gasteiger partial charge on any atom is -0.273 e. The van der Waals surface area contributed by atoms with E-state index >= 15 is 0 Å². The molecule has 3 aromatic rings. The van der Waals surface area contributed by atoms with Crippen molar-refractivity contribution in [1.29, 1.82) is 0 Å². The molecule has 0 aliphatic heterocycles. The predicted octanol–water partition coefficient (Wildman–Crippen LogP) is 5.14. The summed E-state index contributed by atoms with van der Waals surface area (Å²) in [6.45, 7) is 2.11. The Bertz CT molecular complexity index is 864. The highest BCUT2D eigenvalue weighted by Crippen LogP contribution is 2.28. The SMILES string of the molecule is CCc1cccc2sc(NNC(=O)CCSc3ccc(Cl)cc3)nc12. The summed E-state index contributed by atoms with van der Waals surface area (Å²) in [7, 11) is 0. The number of anilines is 1. The molecular formula is C18H18ClN3OS2. The smallest absolute Gasteiger partial charge is 0.239 e. The molecule has 2 aromatic carbocycles. The number of aryl methyl sites for hydroxylation is 1. The first-order chi connectivity index (χ1) is 12.2. The van der Waals surface area contributed by atoms with Gasteiger partial charge in [-0.1, -0.05) is 42.0 Å². The molecular weight excluding hydrogens is 374 g/mol. The molecule has 1 amide bonds. The van der Waals surface area contributed by atoms with E-state index in [1.54, 1.807) is 11.8 Å². The number of para-hydroxylation sites is 1. The number of amides is 1. The van der Waals surface area contributed by atoms with Crippen molar-refractivity contribution in [3.8, 4) is 0 Å². The minimum atomic E-state index is -0.0589. The van der Waals surface area contributed by atoms with Gasteiger partial charge in [-0.3, -0.25) is 15.6 Å². The Labute approximate surface area is 160 Å². The van der Waals surface area contributed by atoms with Crippen LogP contribution in [-0.2, 0) is 11.2 Å². The Balaban J connectivity index is 1.48. The molecule has 3 rings (SSSR count). The molecule has 25 heavy (non-hydrogen) atoms. The van der Waals surface area contributed by atoms with Crippen LogP contribution >= 0.6 is 34.7 Å². The second-order valence-electron chi connectivity index (χ2n) is 5.36. The molecule has 0 spiro atoms. The monoisotopic (exact) mass is 391 g/mol. The Morgan fingerprint density at radius 1 is 1.24 bits per heavy atom. The van der Waals surface area contributed by atoms with Crippen LogP contribution in [-0.4, -0.2) is 16.6 Å². The molecule has 0 saturated heterocycles. The van der Waals surface area contributed by atoms with Crippen molar-refractivity contribution in [3.05, 3.63) is 53.1 Å². The molecule has 1 aromatic heterocycles. The maximum Gasteiger partial charge on any atom is 0.239 e. The number of fused-ring (bicyclic) bond motifs is 1. The molecule has 4 nitrogen and oxygen atoms in total. The van der Waals surface area contributed by atoms with E-state index in [9.17, 15) is 4.79 Å². The van der Waals surface area contributed by atoms with Crippen molar-refractivity contribution in [2.75, 3.05) is 11.2 Å². The molecule has 0 aliphatic rings. The van der Waals surface area contributed by atoms with Gasteiger partial charge >= 0.3 is 0 Å². The lowest BCUT2D eigenvalue weighted by atomic mass is 10.1. The summed E-state index contributed by atoms with van der Waals surface area (Å²) >= 11 is 9.02. The van der Waals surface area contributed by atoms with Gasteiger partial charge in [0.1, 0.15) is 0 Å². The first kappa shape index (κ1) is 18.0. The van der Waals surface area contributed by atoms with E-state index < -0.39 is 0 Å². The molecule has 0 unspecified atom stereocenters. The highest BCUT2D eigenvalue weighted by molar-refractivity contribution is 7.99. The summed E-state index contributed by atoms with van der Waals surface area (Å²) in [6.07, 6.45) is 1.36. The number of aromatic nitrogens is 1. The number of hydrogen-bond acceptors (Lipinski definition) is 5. The van der Waals surface area contributed by atoms with Gasteiger partial charge in [0.15, 0.2) is 0 Å². The molecule has 0 radical (unpaired) electrons. The maximum absolute atomic E-state index is 12.0. The molecule has 130 valence electrons. The normalized spacial score (nSPS) is 10.8. The number of nitrogens with one attached hydrogen (secondary N) is 2. The molecule has 2 N–H and O–H groups in total. The van der Waals surface area contributed by atoms with Crippen LogP contribution < -0.4 is 10.9 Å². The lowest BCUT2D eigenvalue weighted by molar-refractivity contribution is -0.120. The number of hydrogen-bond donors (Lipinski definition) is 2. The van der Waals surface area contributed by atoms with E-state index in [0.717, 1.165) is 21.5 Å². The van der Waals surface area contributed by atoms with Crippen LogP contribution in [0.5, 0.6) is 0 Å². The number of halogens is 1. The van der Waals surface area contributed by atoms with Crippen molar-refractivity contribution < 1.29 is 4.79 Å². The summed E-state index contributed by atoms with van der Waals surface area (Å²) in [5.41, 5.74) is 7.86. The van der Waals surface area contributed by atoms with Crippen LogP contribution in [0.2, 0.25) is 5.02 Å². The van der Waals surface area contributed by atoms with Crippen molar-refractivity contribution in [2.24, 2.45) is 0 Å². The van der Waals surface area contributed by atoms with Crippen LogP contribution in [0.3, 0.4) is 0 Å². The molecule has 1 heterocycles. The van der Waals surface area contributed by atoms with Gasteiger partial charge in [-0.2, -0.15) is 0 Å². The average Bonchev–Trinajstić information content (AvgIpc) is 3.04. The van der Waals surface area contributed by atoms with E-state index in [1.165, 1.54) is 16.9 Å². The third-order valence-electron chi connectivity index (χ3n) is 3.60. The molecule has 0 aliphatic carbocycles. The topological polar surface area (TPSA) is 54.0 Å². The first-order valence-corrected chi connectivity index (χ1v) is 10.2. The highest BCUT2D eigenvalue weighted by atomic mass is 35.5. The second kappa shape index (κ2) is 8.56. The van der Waals surface area contributed by atoms with Gasteiger partial charge in [0.25, 0.3) is 0 Å². The Morgan fingerprint density at radius 2 is 2.04 bits per heavy atom. The zero-order chi connectivity index (χ0) is 17.6. The molecule has 0 saturated carbocycles. The predicted molar refractivity (Wildman–Crippen MR) is 108 cm³/mol.